The quantitative estimate of drug-likeness (QED) is 0.134. The highest BCUT2D eigenvalue weighted by atomic mass is 35.5. The van der Waals surface area contributed by atoms with E-state index >= 15 is 0 Å². The van der Waals surface area contributed by atoms with E-state index in [1.165, 1.54) is 30.3 Å². The maximum Gasteiger partial charge on any atom is 0.417 e. The first kappa shape index (κ1) is 30.7. The van der Waals surface area contributed by atoms with Crippen LogP contribution in [0.5, 0.6) is 0 Å². The zero-order valence-corrected chi connectivity index (χ0v) is 22.5. The molecule has 0 saturated heterocycles. The lowest BCUT2D eigenvalue weighted by molar-refractivity contribution is -0.384. The summed E-state index contributed by atoms with van der Waals surface area (Å²) in [5, 5.41) is 15.9. The van der Waals surface area contributed by atoms with E-state index in [0.717, 1.165) is 23.5 Å². The SMILES string of the molecule is O=C(CCCNc1ncc(C(F)(F)F)cc1Cl)NNS(=O)(=O)c1ccc(CNC(=O)c2cccc([N+](=O)[O-])c2)s1. The van der Waals surface area contributed by atoms with Crippen LogP contribution in [0.15, 0.2) is 52.9 Å². The maximum absolute atomic E-state index is 12.7. The monoisotopic (exact) mass is 620 g/mol. The van der Waals surface area contributed by atoms with Crippen molar-refractivity contribution in [1.82, 2.24) is 20.6 Å². The molecule has 0 spiro atoms. The number of pyridine rings is 1. The van der Waals surface area contributed by atoms with Gasteiger partial charge in [-0.3, -0.25) is 25.1 Å². The molecule has 3 rings (SSSR count). The van der Waals surface area contributed by atoms with Gasteiger partial charge in [-0.15, -0.1) is 16.2 Å². The molecule has 0 unspecified atom stereocenters. The number of hydrogen-bond donors (Lipinski definition) is 4. The first-order valence-corrected chi connectivity index (χ1v) is 13.8. The number of aromatic nitrogens is 1. The number of non-ortho nitro benzene ring substituents is 1. The number of thiophene rings is 1. The topological polar surface area (TPSA) is 172 Å². The molecule has 0 radical (unpaired) electrons. The first-order chi connectivity index (χ1) is 18.8. The number of carbonyl (C=O) groups excluding carboxylic acids is 2. The fourth-order valence-corrected chi connectivity index (χ4v) is 5.43. The van der Waals surface area contributed by atoms with Crippen molar-refractivity contribution in [2.24, 2.45) is 0 Å². The van der Waals surface area contributed by atoms with Crippen LogP contribution in [0.4, 0.5) is 24.7 Å². The predicted molar refractivity (Wildman–Crippen MR) is 139 cm³/mol. The van der Waals surface area contributed by atoms with Crippen molar-refractivity contribution >= 4 is 56.3 Å². The Hall–Kier alpha value is -3.80. The van der Waals surface area contributed by atoms with Gasteiger partial charge in [-0.1, -0.05) is 17.7 Å². The van der Waals surface area contributed by atoms with E-state index in [2.05, 4.69) is 21.0 Å². The summed E-state index contributed by atoms with van der Waals surface area (Å²) in [7, 11) is -4.12. The minimum Gasteiger partial charge on any atom is -0.369 e. The Morgan fingerprint density at radius 2 is 1.90 bits per heavy atom. The van der Waals surface area contributed by atoms with Gasteiger partial charge in [0.05, 0.1) is 22.1 Å². The van der Waals surface area contributed by atoms with Crippen LogP contribution in [0.25, 0.3) is 0 Å². The number of nitro benzene ring substituents is 1. The number of alkyl halides is 3. The molecule has 18 heteroatoms. The molecule has 2 heterocycles. The minimum absolute atomic E-state index is 0.00514. The zero-order valence-electron chi connectivity index (χ0n) is 20.1. The van der Waals surface area contributed by atoms with E-state index in [-0.39, 0.29) is 52.2 Å². The van der Waals surface area contributed by atoms with Crippen molar-refractivity contribution in [3.63, 3.8) is 0 Å². The van der Waals surface area contributed by atoms with Crippen LogP contribution in [-0.4, -0.2) is 36.7 Å². The second-order valence-corrected chi connectivity index (χ2v) is 11.4. The van der Waals surface area contributed by atoms with Crippen LogP contribution in [0, 0.1) is 10.1 Å². The van der Waals surface area contributed by atoms with E-state index in [1.807, 2.05) is 4.83 Å². The van der Waals surface area contributed by atoms with Crippen molar-refractivity contribution < 1.29 is 36.1 Å². The summed E-state index contributed by atoms with van der Waals surface area (Å²) < 4.78 is 62.8. The van der Waals surface area contributed by atoms with Gasteiger partial charge in [-0.2, -0.15) is 13.2 Å². The number of halogens is 4. The molecule has 1 aromatic carbocycles. The van der Waals surface area contributed by atoms with Gasteiger partial charge in [0.25, 0.3) is 21.6 Å². The second-order valence-electron chi connectivity index (χ2n) is 7.95. The third kappa shape index (κ3) is 8.60. The summed E-state index contributed by atoms with van der Waals surface area (Å²) in [6.45, 7) is 0.0768. The molecule has 4 N–H and O–H groups in total. The largest absolute Gasteiger partial charge is 0.417 e. The standard InChI is InChI=1S/C22H20ClF3N6O6S2/c23-17-10-14(22(24,25)26)11-28-20(17)27-8-2-5-18(33)30-31-40(37,38)19-7-6-16(39-19)12-29-21(34)13-3-1-4-15(9-13)32(35)36/h1,3-4,6-7,9-11,31H,2,5,8,12H2,(H,27,28)(H,29,34)(H,30,33). The molecule has 0 aliphatic heterocycles. The Morgan fingerprint density at radius 1 is 1.15 bits per heavy atom. The molecule has 2 amide bonds. The summed E-state index contributed by atoms with van der Waals surface area (Å²) in [6, 6.07) is 8.58. The Morgan fingerprint density at radius 3 is 2.58 bits per heavy atom. The molecule has 0 aliphatic carbocycles. The maximum atomic E-state index is 12.7. The fourth-order valence-electron chi connectivity index (χ4n) is 3.04. The van der Waals surface area contributed by atoms with Crippen LogP contribution in [-0.2, 0) is 27.5 Å². The van der Waals surface area contributed by atoms with Gasteiger partial charge in [0.1, 0.15) is 10.0 Å². The lowest BCUT2D eigenvalue weighted by atomic mass is 10.2. The molecular weight excluding hydrogens is 601 g/mol. The number of nitrogens with one attached hydrogen (secondary N) is 4. The fraction of sp³-hybridized carbons (Fsp3) is 0.227. The number of benzene rings is 1. The van der Waals surface area contributed by atoms with E-state index in [4.69, 9.17) is 11.6 Å². The van der Waals surface area contributed by atoms with Gasteiger partial charge in [-0.05, 0) is 30.7 Å². The Labute approximate surface area is 234 Å². The van der Waals surface area contributed by atoms with Gasteiger partial charge in [-0.25, -0.2) is 13.4 Å². The Bertz CT molecular complexity index is 1520. The Kier molecular flexibility index (Phi) is 10.0. The molecule has 0 atom stereocenters. The van der Waals surface area contributed by atoms with Gasteiger partial charge >= 0.3 is 6.18 Å². The van der Waals surface area contributed by atoms with Crippen molar-refractivity contribution in [1.29, 1.82) is 0 Å². The lowest BCUT2D eigenvalue weighted by Gasteiger charge is -2.11. The lowest BCUT2D eigenvalue weighted by Crippen LogP contribution is -2.41. The molecule has 12 nitrogen and oxygen atoms in total. The molecule has 0 bridgehead atoms. The van der Waals surface area contributed by atoms with E-state index in [1.54, 1.807) is 0 Å². The number of hydrogen-bond acceptors (Lipinski definition) is 9. The third-order valence-electron chi connectivity index (χ3n) is 5.01. The number of hydrazine groups is 1. The summed E-state index contributed by atoms with van der Waals surface area (Å²) in [6.07, 6.45) is -3.92. The van der Waals surface area contributed by atoms with Crippen LogP contribution < -0.4 is 20.9 Å². The van der Waals surface area contributed by atoms with Crippen molar-refractivity contribution in [2.45, 2.75) is 29.8 Å². The van der Waals surface area contributed by atoms with Crippen LogP contribution in [0.3, 0.4) is 0 Å². The first-order valence-electron chi connectivity index (χ1n) is 11.1. The van der Waals surface area contributed by atoms with Gasteiger partial charge < -0.3 is 10.6 Å². The predicted octanol–water partition coefficient (Wildman–Crippen LogP) is 3.86. The molecule has 40 heavy (non-hydrogen) atoms. The summed E-state index contributed by atoms with van der Waals surface area (Å²) in [5.74, 6) is -1.25. The third-order valence-corrected chi connectivity index (χ3v) is 8.12. The molecule has 2 aromatic heterocycles. The van der Waals surface area contributed by atoms with Crippen molar-refractivity contribution in [2.75, 3.05) is 11.9 Å². The Balaban J connectivity index is 1.43. The van der Waals surface area contributed by atoms with Crippen LogP contribution in [0.2, 0.25) is 5.02 Å². The molecule has 0 fully saturated rings. The summed E-state index contributed by atoms with van der Waals surface area (Å²) in [4.78, 5) is 40.5. The molecule has 214 valence electrons. The van der Waals surface area contributed by atoms with Crippen molar-refractivity contribution in [3.05, 3.63) is 79.8 Å². The van der Waals surface area contributed by atoms with Gasteiger partial charge in [0.15, 0.2) is 0 Å². The van der Waals surface area contributed by atoms with E-state index in [9.17, 15) is 41.3 Å². The van der Waals surface area contributed by atoms with E-state index in [0.29, 0.717) is 11.1 Å². The van der Waals surface area contributed by atoms with Crippen LogP contribution in [0.1, 0.15) is 33.6 Å². The summed E-state index contributed by atoms with van der Waals surface area (Å²) >= 11 is 6.63. The normalized spacial score (nSPS) is 11.6. The molecule has 3 aromatic rings. The number of anilines is 1. The smallest absolute Gasteiger partial charge is 0.369 e. The number of sulfonamides is 1. The second kappa shape index (κ2) is 13.0. The zero-order chi connectivity index (χ0) is 29.5. The number of carbonyl (C=O) groups is 2. The van der Waals surface area contributed by atoms with Gasteiger partial charge in [0.2, 0.25) is 5.91 Å². The number of nitro groups is 1. The molecule has 0 aliphatic rings. The highest BCUT2D eigenvalue weighted by Gasteiger charge is 2.31. The average molecular weight is 621 g/mol. The number of amides is 2. The average Bonchev–Trinajstić information content (AvgIpc) is 3.39. The molecule has 0 saturated carbocycles. The van der Waals surface area contributed by atoms with Crippen molar-refractivity contribution in [3.8, 4) is 0 Å². The van der Waals surface area contributed by atoms with Crippen LogP contribution >= 0.6 is 22.9 Å². The number of rotatable bonds is 12. The molecular formula is C22H20ClF3N6O6S2. The highest BCUT2D eigenvalue weighted by molar-refractivity contribution is 7.91. The minimum atomic E-state index is -4.59. The van der Waals surface area contributed by atoms with Gasteiger partial charge in [0, 0.05) is 41.7 Å². The summed E-state index contributed by atoms with van der Waals surface area (Å²) in [5.41, 5.74) is 0.878. The number of nitrogens with zero attached hydrogens (tertiary/aromatic N) is 2. The van der Waals surface area contributed by atoms with E-state index < -0.39 is 38.5 Å². The highest BCUT2D eigenvalue weighted by Crippen LogP contribution is 2.32.